The van der Waals surface area contributed by atoms with Crippen molar-refractivity contribution in [3.8, 4) is 11.5 Å². The lowest BCUT2D eigenvalue weighted by Gasteiger charge is -2.25. The molecule has 1 unspecified atom stereocenters. The van der Waals surface area contributed by atoms with Crippen LogP contribution in [0.1, 0.15) is 23.1 Å². The van der Waals surface area contributed by atoms with Crippen LogP contribution in [0.3, 0.4) is 0 Å². The van der Waals surface area contributed by atoms with Crippen molar-refractivity contribution in [1.29, 1.82) is 0 Å². The van der Waals surface area contributed by atoms with E-state index in [4.69, 9.17) is 9.47 Å². The summed E-state index contributed by atoms with van der Waals surface area (Å²) in [6.45, 7) is 0.502. The van der Waals surface area contributed by atoms with Crippen LogP contribution >= 0.6 is 0 Å². The van der Waals surface area contributed by atoms with Gasteiger partial charge in [-0.15, -0.1) is 0 Å². The molecule has 1 atom stereocenters. The van der Waals surface area contributed by atoms with E-state index in [1.807, 2.05) is 42.5 Å². The molecule has 0 aromatic heterocycles. The van der Waals surface area contributed by atoms with Crippen molar-refractivity contribution < 1.29 is 19.4 Å². The number of carboxylic acids is 1. The van der Waals surface area contributed by atoms with Gasteiger partial charge in [0, 0.05) is 11.1 Å². The van der Waals surface area contributed by atoms with Crippen LogP contribution in [0.15, 0.2) is 42.5 Å². The lowest BCUT2D eigenvalue weighted by atomic mass is 9.83. The van der Waals surface area contributed by atoms with Gasteiger partial charge in [0.05, 0.1) is 13.0 Å². The lowest BCUT2D eigenvalue weighted by molar-refractivity contribution is -0.142. The van der Waals surface area contributed by atoms with E-state index in [0.29, 0.717) is 25.9 Å². The van der Waals surface area contributed by atoms with Crippen molar-refractivity contribution in [2.24, 2.45) is 5.92 Å². The van der Waals surface area contributed by atoms with Crippen LogP contribution < -0.4 is 9.47 Å². The van der Waals surface area contributed by atoms with E-state index in [1.54, 1.807) is 7.11 Å². The van der Waals surface area contributed by atoms with Gasteiger partial charge in [0.25, 0.3) is 0 Å². The van der Waals surface area contributed by atoms with Crippen LogP contribution in [-0.4, -0.2) is 18.2 Å². The Hall–Kier alpha value is -2.49. The van der Waals surface area contributed by atoms with E-state index >= 15 is 0 Å². The molecule has 0 saturated heterocycles. The van der Waals surface area contributed by atoms with Gasteiger partial charge in [-0.05, 0) is 37.0 Å². The van der Waals surface area contributed by atoms with Gasteiger partial charge in [-0.2, -0.15) is 0 Å². The molecule has 0 saturated carbocycles. The molecule has 23 heavy (non-hydrogen) atoms. The van der Waals surface area contributed by atoms with E-state index in [9.17, 15) is 9.90 Å². The number of hydrogen-bond acceptors (Lipinski definition) is 3. The van der Waals surface area contributed by atoms with Crippen molar-refractivity contribution in [3.05, 3.63) is 59.2 Å². The van der Waals surface area contributed by atoms with E-state index in [-0.39, 0.29) is 5.92 Å². The molecule has 4 heteroatoms. The van der Waals surface area contributed by atoms with Crippen LogP contribution in [0.4, 0.5) is 0 Å². The molecule has 0 heterocycles. The molecule has 0 fully saturated rings. The topological polar surface area (TPSA) is 55.8 Å². The molecule has 2 aromatic rings. The van der Waals surface area contributed by atoms with Gasteiger partial charge in [0.1, 0.15) is 18.1 Å². The highest BCUT2D eigenvalue weighted by molar-refractivity contribution is 5.71. The average Bonchev–Trinajstić information content (AvgIpc) is 2.60. The summed E-state index contributed by atoms with van der Waals surface area (Å²) in [5, 5.41) is 9.28. The highest BCUT2D eigenvalue weighted by Crippen LogP contribution is 2.38. The Kier molecular flexibility index (Phi) is 4.51. The van der Waals surface area contributed by atoms with Crippen molar-refractivity contribution in [1.82, 2.24) is 0 Å². The quantitative estimate of drug-likeness (QED) is 0.918. The standard InChI is InChI=1S/C19H20O4/c1-22-17-9-10-18(23-12-13-5-3-2-4-6-13)15-8-7-14(19(20)21)11-16(15)17/h2-6,9-10,14H,7-8,11-12H2,1H3,(H,20,21). The number of carbonyl (C=O) groups is 1. The van der Waals surface area contributed by atoms with Crippen molar-refractivity contribution in [2.75, 3.05) is 7.11 Å². The summed E-state index contributed by atoms with van der Waals surface area (Å²) >= 11 is 0. The number of fused-ring (bicyclic) bond motifs is 1. The molecule has 1 aliphatic rings. The highest BCUT2D eigenvalue weighted by Gasteiger charge is 2.28. The van der Waals surface area contributed by atoms with Crippen LogP contribution in [0.2, 0.25) is 0 Å². The third-order valence-electron chi connectivity index (χ3n) is 4.34. The number of hydrogen-bond donors (Lipinski definition) is 1. The predicted molar refractivity (Wildman–Crippen MR) is 86.9 cm³/mol. The molecular formula is C19H20O4. The van der Waals surface area contributed by atoms with Gasteiger partial charge in [0.2, 0.25) is 0 Å². The second kappa shape index (κ2) is 6.73. The zero-order valence-corrected chi connectivity index (χ0v) is 13.1. The summed E-state index contributed by atoms with van der Waals surface area (Å²) in [5.74, 6) is 0.487. The Morgan fingerprint density at radius 2 is 1.87 bits per heavy atom. The molecule has 120 valence electrons. The Morgan fingerprint density at radius 1 is 1.13 bits per heavy atom. The van der Waals surface area contributed by atoms with E-state index in [1.165, 1.54) is 0 Å². The first-order chi connectivity index (χ1) is 11.2. The molecule has 1 N–H and O–H groups in total. The summed E-state index contributed by atoms with van der Waals surface area (Å²) in [7, 11) is 1.62. The minimum atomic E-state index is -0.742. The molecule has 0 spiro atoms. The predicted octanol–water partition coefficient (Wildman–Crippen LogP) is 3.46. The Morgan fingerprint density at radius 3 is 2.57 bits per heavy atom. The third kappa shape index (κ3) is 3.31. The zero-order valence-electron chi connectivity index (χ0n) is 13.1. The third-order valence-corrected chi connectivity index (χ3v) is 4.34. The fourth-order valence-corrected chi connectivity index (χ4v) is 3.09. The van der Waals surface area contributed by atoms with Gasteiger partial charge in [-0.1, -0.05) is 30.3 Å². The van der Waals surface area contributed by atoms with Crippen LogP contribution in [0, 0.1) is 5.92 Å². The summed E-state index contributed by atoms with van der Waals surface area (Å²) < 4.78 is 11.4. The average molecular weight is 312 g/mol. The molecular weight excluding hydrogens is 292 g/mol. The maximum absolute atomic E-state index is 11.3. The fraction of sp³-hybridized carbons (Fsp3) is 0.316. The van der Waals surface area contributed by atoms with Gasteiger partial charge in [0.15, 0.2) is 0 Å². The Bertz CT molecular complexity index is 694. The number of rotatable bonds is 5. The first kappa shape index (κ1) is 15.4. The molecule has 4 nitrogen and oxygen atoms in total. The van der Waals surface area contributed by atoms with E-state index in [0.717, 1.165) is 28.2 Å². The summed E-state index contributed by atoms with van der Waals surface area (Å²) in [6.07, 6.45) is 1.83. The number of ether oxygens (including phenoxy) is 2. The minimum absolute atomic E-state index is 0.347. The largest absolute Gasteiger partial charge is 0.496 e. The fourth-order valence-electron chi connectivity index (χ4n) is 3.09. The molecule has 0 aliphatic heterocycles. The van der Waals surface area contributed by atoms with Gasteiger partial charge >= 0.3 is 5.97 Å². The molecule has 0 bridgehead atoms. The minimum Gasteiger partial charge on any atom is -0.496 e. The van der Waals surface area contributed by atoms with E-state index < -0.39 is 5.97 Å². The molecule has 3 rings (SSSR count). The van der Waals surface area contributed by atoms with Gasteiger partial charge < -0.3 is 14.6 Å². The monoisotopic (exact) mass is 312 g/mol. The molecule has 2 aromatic carbocycles. The first-order valence-electron chi connectivity index (χ1n) is 7.77. The van der Waals surface area contributed by atoms with Gasteiger partial charge in [-0.25, -0.2) is 0 Å². The van der Waals surface area contributed by atoms with Crippen LogP contribution in [0.5, 0.6) is 11.5 Å². The smallest absolute Gasteiger partial charge is 0.306 e. The zero-order chi connectivity index (χ0) is 16.2. The second-order valence-electron chi connectivity index (χ2n) is 5.78. The molecule has 0 radical (unpaired) electrons. The number of aliphatic carboxylic acids is 1. The van der Waals surface area contributed by atoms with Crippen molar-refractivity contribution >= 4 is 5.97 Å². The van der Waals surface area contributed by atoms with Crippen LogP contribution in [-0.2, 0) is 24.2 Å². The Balaban J connectivity index is 1.85. The number of benzene rings is 2. The second-order valence-corrected chi connectivity index (χ2v) is 5.78. The lowest BCUT2D eigenvalue weighted by Crippen LogP contribution is -2.23. The van der Waals surface area contributed by atoms with Gasteiger partial charge in [-0.3, -0.25) is 4.79 Å². The Labute approximate surface area is 135 Å². The number of methoxy groups -OCH3 is 1. The first-order valence-corrected chi connectivity index (χ1v) is 7.77. The summed E-state index contributed by atoms with van der Waals surface area (Å²) in [6, 6.07) is 13.8. The summed E-state index contributed by atoms with van der Waals surface area (Å²) in [4.78, 5) is 11.3. The number of carboxylic acid groups (broad SMARTS) is 1. The van der Waals surface area contributed by atoms with E-state index in [2.05, 4.69) is 0 Å². The SMILES string of the molecule is COc1ccc(OCc2ccccc2)c2c1CC(C(=O)O)CC2. The normalized spacial score (nSPS) is 16.5. The van der Waals surface area contributed by atoms with Crippen molar-refractivity contribution in [2.45, 2.75) is 25.9 Å². The van der Waals surface area contributed by atoms with Crippen molar-refractivity contribution in [3.63, 3.8) is 0 Å². The maximum Gasteiger partial charge on any atom is 0.306 e. The van der Waals surface area contributed by atoms with Crippen LogP contribution in [0.25, 0.3) is 0 Å². The summed E-state index contributed by atoms with van der Waals surface area (Å²) in [5.41, 5.74) is 3.16. The maximum atomic E-state index is 11.3. The molecule has 0 amide bonds. The highest BCUT2D eigenvalue weighted by atomic mass is 16.5. The molecule has 1 aliphatic carbocycles.